The molecule has 1 saturated heterocycles. The van der Waals surface area contributed by atoms with E-state index in [1.54, 1.807) is 24.8 Å². The lowest BCUT2D eigenvalue weighted by molar-refractivity contribution is 0.309. The van der Waals surface area contributed by atoms with E-state index >= 15 is 0 Å². The van der Waals surface area contributed by atoms with Crippen molar-refractivity contribution in [3.8, 4) is 22.1 Å². The number of methoxy groups -OCH3 is 2. The third-order valence-electron chi connectivity index (χ3n) is 4.83. The number of hydrogen-bond donors (Lipinski definition) is 0. The van der Waals surface area contributed by atoms with Crippen molar-refractivity contribution in [2.75, 3.05) is 33.6 Å². The van der Waals surface area contributed by atoms with Gasteiger partial charge in [0.05, 0.1) is 20.5 Å². The number of fused-ring (bicyclic) bond motifs is 1. The van der Waals surface area contributed by atoms with Gasteiger partial charge in [0.2, 0.25) is 15.0 Å². The van der Waals surface area contributed by atoms with Gasteiger partial charge < -0.3 is 9.47 Å². The van der Waals surface area contributed by atoms with Crippen LogP contribution in [0.1, 0.15) is 24.6 Å². The van der Waals surface area contributed by atoms with Crippen LogP contribution in [-0.4, -0.2) is 66.1 Å². The molecule has 0 saturated carbocycles. The van der Waals surface area contributed by atoms with Crippen molar-refractivity contribution in [3.63, 3.8) is 0 Å². The summed E-state index contributed by atoms with van der Waals surface area (Å²) in [5, 5.41) is 14.0. The van der Waals surface area contributed by atoms with Gasteiger partial charge in [-0.1, -0.05) is 11.3 Å². The van der Waals surface area contributed by atoms with Crippen molar-refractivity contribution >= 4 is 26.3 Å². The lowest BCUT2D eigenvalue weighted by Crippen LogP contribution is -2.38. The second kappa shape index (κ2) is 7.30. The van der Waals surface area contributed by atoms with E-state index < -0.39 is 10.0 Å². The van der Waals surface area contributed by atoms with Crippen LogP contribution in [0.2, 0.25) is 0 Å². The Kier molecular flexibility index (Phi) is 4.98. The van der Waals surface area contributed by atoms with E-state index in [2.05, 4.69) is 15.3 Å². The molecule has 3 heterocycles. The molecule has 1 unspecified atom stereocenters. The molecule has 4 rings (SSSR count). The van der Waals surface area contributed by atoms with Gasteiger partial charge in [-0.2, -0.15) is 9.61 Å². The van der Waals surface area contributed by atoms with E-state index in [0.29, 0.717) is 35.4 Å². The summed E-state index contributed by atoms with van der Waals surface area (Å²) in [6.45, 7) is 0.947. The van der Waals surface area contributed by atoms with E-state index in [0.717, 1.165) is 23.4 Å². The molecule has 150 valence electrons. The van der Waals surface area contributed by atoms with Crippen LogP contribution < -0.4 is 9.47 Å². The maximum absolute atomic E-state index is 11.9. The first-order valence-electron chi connectivity index (χ1n) is 8.79. The predicted molar refractivity (Wildman–Crippen MR) is 106 cm³/mol. The van der Waals surface area contributed by atoms with Crippen molar-refractivity contribution in [1.82, 2.24) is 24.1 Å². The van der Waals surface area contributed by atoms with Crippen molar-refractivity contribution in [2.45, 2.75) is 18.8 Å². The fourth-order valence-electron chi connectivity index (χ4n) is 3.39. The molecule has 1 atom stereocenters. The van der Waals surface area contributed by atoms with E-state index in [-0.39, 0.29) is 5.92 Å². The molecule has 0 amide bonds. The predicted octanol–water partition coefficient (Wildman–Crippen LogP) is 2.01. The first-order chi connectivity index (χ1) is 13.4. The van der Waals surface area contributed by atoms with Gasteiger partial charge in [0.25, 0.3) is 0 Å². The van der Waals surface area contributed by atoms with Gasteiger partial charge in [-0.3, -0.25) is 0 Å². The molecule has 1 aliphatic rings. The fourth-order valence-corrected chi connectivity index (χ4v) is 5.13. The van der Waals surface area contributed by atoms with E-state index in [1.807, 2.05) is 12.1 Å². The standard InChI is InChI=1S/C17H21N5O4S2/c1-25-13-7-12(8-14(9-13)26-2)16-20-22-15(18-19-17(22)27-16)11-5-4-6-21(10-11)28(3,23)24/h7-9,11H,4-6,10H2,1-3H3. The monoisotopic (exact) mass is 423 g/mol. The maximum atomic E-state index is 11.9. The molecule has 0 spiro atoms. The van der Waals surface area contributed by atoms with Crippen LogP contribution in [0.15, 0.2) is 18.2 Å². The molecule has 0 N–H and O–H groups in total. The van der Waals surface area contributed by atoms with Gasteiger partial charge in [-0.05, 0) is 25.0 Å². The highest BCUT2D eigenvalue weighted by molar-refractivity contribution is 7.88. The molecule has 3 aromatic rings. The summed E-state index contributed by atoms with van der Waals surface area (Å²) < 4.78 is 37.7. The number of benzene rings is 1. The molecule has 1 aliphatic heterocycles. The fraction of sp³-hybridized carbons (Fsp3) is 0.471. The summed E-state index contributed by atoms with van der Waals surface area (Å²) in [4.78, 5) is 0.670. The Morgan fingerprint density at radius 2 is 1.86 bits per heavy atom. The number of nitrogens with zero attached hydrogens (tertiary/aromatic N) is 5. The summed E-state index contributed by atoms with van der Waals surface area (Å²) in [6, 6.07) is 5.58. The van der Waals surface area contributed by atoms with Crippen LogP contribution in [0.5, 0.6) is 11.5 Å². The first kappa shape index (κ1) is 19.1. The van der Waals surface area contributed by atoms with Crippen molar-refractivity contribution in [3.05, 3.63) is 24.0 Å². The highest BCUT2D eigenvalue weighted by atomic mass is 32.2. The van der Waals surface area contributed by atoms with Crippen LogP contribution >= 0.6 is 11.3 Å². The normalized spacial score (nSPS) is 18.5. The second-order valence-electron chi connectivity index (χ2n) is 6.72. The Labute approximate surface area is 167 Å². The minimum atomic E-state index is -3.23. The Hall–Kier alpha value is -2.24. The number of aromatic nitrogens is 4. The topological polar surface area (TPSA) is 98.9 Å². The summed E-state index contributed by atoms with van der Waals surface area (Å²) >= 11 is 1.42. The van der Waals surface area contributed by atoms with Crippen molar-refractivity contribution < 1.29 is 17.9 Å². The summed E-state index contributed by atoms with van der Waals surface area (Å²) in [5.74, 6) is 2.02. The number of hydrogen-bond acceptors (Lipinski definition) is 8. The zero-order valence-electron chi connectivity index (χ0n) is 15.8. The molecule has 1 aromatic carbocycles. The SMILES string of the molecule is COc1cc(OC)cc(-c2nn3c(C4CCCN(S(C)(=O)=O)C4)nnc3s2)c1. The van der Waals surface area contributed by atoms with Gasteiger partial charge in [-0.25, -0.2) is 12.7 Å². The molecule has 0 aliphatic carbocycles. The number of ether oxygens (including phenoxy) is 2. The molecule has 1 fully saturated rings. The Bertz CT molecular complexity index is 1090. The van der Waals surface area contributed by atoms with Crippen LogP contribution in [0.25, 0.3) is 15.5 Å². The summed E-state index contributed by atoms with van der Waals surface area (Å²) in [5.41, 5.74) is 0.860. The molecule has 0 radical (unpaired) electrons. The van der Waals surface area contributed by atoms with Gasteiger partial charge in [-0.15, -0.1) is 10.2 Å². The highest BCUT2D eigenvalue weighted by Crippen LogP contribution is 2.34. The molecule has 0 bridgehead atoms. The third kappa shape index (κ3) is 3.56. The third-order valence-corrected chi connectivity index (χ3v) is 7.05. The van der Waals surface area contributed by atoms with Crippen LogP contribution in [0.3, 0.4) is 0 Å². The van der Waals surface area contributed by atoms with Gasteiger partial charge in [0.1, 0.15) is 16.5 Å². The Balaban J connectivity index is 1.70. The van der Waals surface area contributed by atoms with Gasteiger partial charge in [0, 0.05) is 30.6 Å². The zero-order valence-corrected chi connectivity index (χ0v) is 17.5. The largest absolute Gasteiger partial charge is 0.497 e. The van der Waals surface area contributed by atoms with E-state index in [4.69, 9.17) is 9.47 Å². The molecule has 11 heteroatoms. The van der Waals surface area contributed by atoms with Crippen LogP contribution in [0, 0.1) is 0 Å². The average molecular weight is 424 g/mol. The second-order valence-corrected chi connectivity index (χ2v) is 9.66. The van der Waals surface area contributed by atoms with Crippen molar-refractivity contribution in [2.24, 2.45) is 0 Å². The maximum Gasteiger partial charge on any atom is 0.234 e. The zero-order chi connectivity index (χ0) is 19.9. The van der Waals surface area contributed by atoms with Gasteiger partial charge in [0.15, 0.2) is 5.82 Å². The van der Waals surface area contributed by atoms with Crippen molar-refractivity contribution in [1.29, 1.82) is 0 Å². The number of sulfonamides is 1. The lowest BCUT2D eigenvalue weighted by Gasteiger charge is -2.29. The first-order valence-corrected chi connectivity index (χ1v) is 11.5. The van der Waals surface area contributed by atoms with Crippen LogP contribution in [0.4, 0.5) is 0 Å². The molecular formula is C17H21N5O4S2. The van der Waals surface area contributed by atoms with E-state index in [1.165, 1.54) is 21.9 Å². The summed E-state index contributed by atoms with van der Waals surface area (Å²) in [7, 11) is -0.0200. The number of piperidine rings is 1. The smallest absolute Gasteiger partial charge is 0.234 e. The Morgan fingerprint density at radius 1 is 1.14 bits per heavy atom. The summed E-state index contributed by atoms with van der Waals surface area (Å²) in [6.07, 6.45) is 2.88. The van der Waals surface area contributed by atoms with Gasteiger partial charge >= 0.3 is 0 Å². The minimum Gasteiger partial charge on any atom is -0.497 e. The molecule has 28 heavy (non-hydrogen) atoms. The molecular weight excluding hydrogens is 402 g/mol. The quantitative estimate of drug-likeness (QED) is 0.619. The number of rotatable bonds is 5. The molecule has 9 nitrogen and oxygen atoms in total. The Morgan fingerprint density at radius 3 is 2.50 bits per heavy atom. The van der Waals surface area contributed by atoms with Crippen LogP contribution in [-0.2, 0) is 10.0 Å². The minimum absolute atomic E-state index is 0.0340. The molecule has 2 aromatic heterocycles. The highest BCUT2D eigenvalue weighted by Gasteiger charge is 2.30. The van der Waals surface area contributed by atoms with E-state index in [9.17, 15) is 8.42 Å². The average Bonchev–Trinajstić information content (AvgIpc) is 3.27. The lowest BCUT2D eigenvalue weighted by atomic mass is 9.99.